The van der Waals surface area contributed by atoms with Gasteiger partial charge in [-0.3, -0.25) is 9.59 Å². The van der Waals surface area contributed by atoms with Gasteiger partial charge in [0.25, 0.3) is 0 Å². The molecule has 1 unspecified atom stereocenters. The van der Waals surface area contributed by atoms with E-state index in [0.29, 0.717) is 25.4 Å². The Morgan fingerprint density at radius 1 is 1.12 bits per heavy atom. The molecule has 1 heterocycles. The van der Waals surface area contributed by atoms with Crippen molar-refractivity contribution in [1.82, 2.24) is 4.90 Å². The number of rotatable bonds is 7. The molecule has 0 bridgehead atoms. The van der Waals surface area contributed by atoms with Gasteiger partial charge in [0.1, 0.15) is 0 Å². The molecule has 0 spiro atoms. The number of hydrogen-bond donors (Lipinski definition) is 1. The minimum atomic E-state index is 0. The zero-order valence-corrected chi connectivity index (χ0v) is 17.1. The molecular formula is C21H33ClN2O2. The van der Waals surface area contributed by atoms with Crippen LogP contribution in [0.15, 0.2) is 24.3 Å². The quantitative estimate of drug-likeness (QED) is 0.730. The van der Waals surface area contributed by atoms with E-state index in [0.717, 1.165) is 31.2 Å². The maximum Gasteiger partial charge on any atom is 0.222 e. The first kappa shape index (κ1) is 22.7. The Kier molecular flexibility index (Phi) is 9.31. The van der Waals surface area contributed by atoms with Gasteiger partial charge in [0.05, 0.1) is 0 Å². The summed E-state index contributed by atoms with van der Waals surface area (Å²) in [5.74, 6) is 1.04. The van der Waals surface area contributed by atoms with Gasteiger partial charge in [0.15, 0.2) is 5.78 Å². The fraction of sp³-hybridized carbons (Fsp3) is 0.619. The number of hydrogen-bond acceptors (Lipinski definition) is 3. The van der Waals surface area contributed by atoms with Gasteiger partial charge in [-0.2, -0.15) is 0 Å². The molecule has 26 heavy (non-hydrogen) atoms. The van der Waals surface area contributed by atoms with Crippen LogP contribution in [-0.4, -0.2) is 35.7 Å². The van der Waals surface area contributed by atoms with E-state index in [4.69, 9.17) is 5.73 Å². The molecule has 1 aromatic carbocycles. The molecule has 1 atom stereocenters. The number of likely N-dealkylation sites (tertiary alicyclic amines) is 1. The molecule has 0 radical (unpaired) electrons. The molecule has 1 fully saturated rings. The predicted molar refractivity (Wildman–Crippen MR) is 109 cm³/mol. The van der Waals surface area contributed by atoms with E-state index in [1.807, 2.05) is 24.0 Å². The van der Waals surface area contributed by atoms with Crippen LogP contribution < -0.4 is 5.73 Å². The molecule has 2 rings (SSSR count). The van der Waals surface area contributed by atoms with Crippen LogP contribution >= 0.6 is 12.4 Å². The van der Waals surface area contributed by atoms with E-state index >= 15 is 0 Å². The van der Waals surface area contributed by atoms with Crippen molar-refractivity contribution in [2.24, 2.45) is 17.6 Å². The van der Waals surface area contributed by atoms with Crippen molar-refractivity contribution in [2.75, 3.05) is 13.1 Å². The average molecular weight is 381 g/mol. The van der Waals surface area contributed by atoms with Crippen molar-refractivity contribution < 1.29 is 9.59 Å². The lowest BCUT2D eigenvalue weighted by molar-refractivity contribution is -0.132. The fourth-order valence-corrected chi connectivity index (χ4v) is 3.41. The number of piperidine rings is 1. The monoisotopic (exact) mass is 380 g/mol. The van der Waals surface area contributed by atoms with Crippen LogP contribution in [0.5, 0.6) is 0 Å². The van der Waals surface area contributed by atoms with Gasteiger partial charge >= 0.3 is 0 Å². The first-order chi connectivity index (χ1) is 11.9. The van der Waals surface area contributed by atoms with Crippen LogP contribution in [0.1, 0.15) is 62.4 Å². The SMILES string of the molecule is CC(C)Cc1ccc(C(=O)C2CCN(C(=O)CCC(C)N)CC2)cc1.Cl. The number of amides is 1. The molecule has 146 valence electrons. The molecule has 1 aliphatic rings. The van der Waals surface area contributed by atoms with Crippen molar-refractivity contribution in [3.05, 3.63) is 35.4 Å². The molecule has 1 aromatic rings. The summed E-state index contributed by atoms with van der Waals surface area (Å²) in [4.78, 5) is 26.8. The number of carbonyl (C=O) groups excluding carboxylic acids is 2. The summed E-state index contributed by atoms with van der Waals surface area (Å²) in [6.45, 7) is 7.68. The van der Waals surface area contributed by atoms with Gasteiger partial charge in [-0.1, -0.05) is 38.1 Å². The molecule has 0 aliphatic carbocycles. The van der Waals surface area contributed by atoms with Crippen LogP contribution in [-0.2, 0) is 11.2 Å². The summed E-state index contributed by atoms with van der Waals surface area (Å²) in [6, 6.07) is 8.11. The lowest BCUT2D eigenvalue weighted by Crippen LogP contribution is -2.40. The van der Waals surface area contributed by atoms with Crippen molar-refractivity contribution in [1.29, 1.82) is 0 Å². The topological polar surface area (TPSA) is 63.4 Å². The van der Waals surface area contributed by atoms with E-state index in [-0.39, 0.29) is 36.1 Å². The van der Waals surface area contributed by atoms with Gasteiger partial charge in [0, 0.05) is 37.0 Å². The zero-order valence-electron chi connectivity index (χ0n) is 16.2. The van der Waals surface area contributed by atoms with Gasteiger partial charge in [-0.25, -0.2) is 0 Å². The third kappa shape index (κ3) is 6.73. The first-order valence-electron chi connectivity index (χ1n) is 9.53. The molecular weight excluding hydrogens is 348 g/mol. The minimum Gasteiger partial charge on any atom is -0.343 e. The van der Waals surface area contributed by atoms with Crippen molar-refractivity contribution >= 4 is 24.1 Å². The highest BCUT2D eigenvalue weighted by Crippen LogP contribution is 2.23. The molecule has 0 saturated carbocycles. The molecule has 4 nitrogen and oxygen atoms in total. The summed E-state index contributed by atoms with van der Waals surface area (Å²) in [7, 11) is 0. The van der Waals surface area contributed by atoms with E-state index in [2.05, 4.69) is 26.0 Å². The molecule has 1 amide bonds. The molecule has 2 N–H and O–H groups in total. The second kappa shape index (κ2) is 10.7. The summed E-state index contributed by atoms with van der Waals surface area (Å²) in [5.41, 5.74) is 7.80. The summed E-state index contributed by atoms with van der Waals surface area (Å²) in [6.07, 6.45) is 3.79. The summed E-state index contributed by atoms with van der Waals surface area (Å²) in [5, 5.41) is 0. The number of benzene rings is 1. The Hall–Kier alpha value is -1.39. The number of carbonyl (C=O) groups is 2. The van der Waals surface area contributed by atoms with Crippen LogP contribution in [0.3, 0.4) is 0 Å². The van der Waals surface area contributed by atoms with Crippen LogP contribution in [0.25, 0.3) is 0 Å². The lowest BCUT2D eigenvalue weighted by Gasteiger charge is -2.31. The molecule has 1 saturated heterocycles. The number of Topliss-reactive ketones (excluding diaryl/α,β-unsaturated/α-hetero) is 1. The third-order valence-electron chi connectivity index (χ3n) is 4.91. The first-order valence-corrected chi connectivity index (χ1v) is 9.53. The largest absolute Gasteiger partial charge is 0.343 e. The van der Waals surface area contributed by atoms with Crippen molar-refractivity contribution in [3.8, 4) is 0 Å². The highest BCUT2D eigenvalue weighted by Gasteiger charge is 2.27. The van der Waals surface area contributed by atoms with E-state index in [9.17, 15) is 9.59 Å². The average Bonchev–Trinajstić information content (AvgIpc) is 2.59. The van der Waals surface area contributed by atoms with Gasteiger partial charge in [0.2, 0.25) is 5.91 Å². The highest BCUT2D eigenvalue weighted by molar-refractivity contribution is 5.98. The normalized spacial score (nSPS) is 16.3. The Balaban J connectivity index is 0.00000338. The highest BCUT2D eigenvalue weighted by atomic mass is 35.5. The third-order valence-corrected chi connectivity index (χ3v) is 4.91. The van der Waals surface area contributed by atoms with Crippen molar-refractivity contribution in [2.45, 2.75) is 58.9 Å². The number of nitrogens with zero attached hydrogens (tertiary/aromatic N) is 1. The van der Waals surface area contributed by atoms with E-state index in [1.165, 1.54) is 5.56 Å². The standard InChI is InChI=1S/C21H32N2O2.ClH/c1-15(2)14-17-5-7-18(8-6-17)21(25)19-10-12-23(13-11-19)20(24)9-4-16(3)22;/h5-8,15-16,19H,4,9-14,22H2,1-3H3;1H. The maximum absolute atomic E-state index is 12.7. The Bertz CT molecular complexity index is 576. The van der Waals surface area contributed by atoms with E-state index in [1.54, 1.807) is 0 Å². The van der Waals surface area contributed by atoms with Gasteiger partial charge in [-0.05, 0) is 44.1 Å². The van der Waals surface area contributed by atoms with Gasteiger partial charge < -0.3 is 10.6 Å². The predicted octanol–water partition coefficient (Wildman–Crippen LogP) is 3.86. The summed E-state index contributed by atoms with van der Waals surface area (Å²) < 4.78 is 0. The smallest absolute Gasteiger partial charge is 0.222 e. The van der Waals surface area contributed by atoms with Crippen LogP contribution in [0.2, 0.25) is 0 Å². The van der Waals surface area contributed by atoms with Crippen LogP contribution in [0.4, 0.5) is 0 Å². The number of halogens is 1. The van der Waals surface area contributed by atoms with Crippen molar-refractivity contribution in [3.63, 3.8) is 0 Å². The Morgan fingerprint density at radius 2 is 1.69 bits per heavy atom. The number of ketones is 1. The Morgan fingerprint density at radius 3 is 2.19 bits per heavy atom. The van der Waals surface area contributed by atoms with Gasteiger partial charge in [-0.15, -0.1) is 12.4 Å². The second-order valence-electron chi connectivity index (χ2n) is 7.83. The minimum absolute atomic E-state index is 0. The lowest BCUT2D eigenvalue weighted by atomic mass is 9.88. The second-order valence-corrected chi connectivity index (χ2v) is 7.83. The zero-order chi connectivity index (χ0) is 18.4. The Labute approximate surface area is 163 Å². The fourth-order valence-electron chi connectivity index (χ4n) is 3.41. The molecule has 5 heteroatoms. The molecule has 1 aliphatic heterocycles. The summed E-state index contributed by atoms with van der Waals surface area (Å²) >= 11 is 0. The molecule has 0 aromatic heterocycles. The number of nitrogens with two attached hydrogens (primary N) is 1. The maximum atomic E-state index is 12.7. The van der Waals surface area contributed by atoms with Crippen LogP contribution in [0, 0.1) is 11.8 Å². The van der Waals surface area contributed by atoms with E-state index < -0.39 is 0 Å².